The first-order valence-corrected chi connectivity index (χ1v) is 7.32. The van der Waals surface area contributed by atoms with E-state index in [2.05, 4.69) is 30.7 Å². The Balaban J connectivity index is 2.67. The van der Waals surface area contributed by atoms with Crippen molar-refractivity contribution in [2.45, 2.75) is 51.5 Å². The average molecular weight is 241 g/mol. The number of nitrogens with zero attached hydrogens (tertiary/aromatic N) is 2. The van der Waals surface area contributed by atoms with Crippen LogP contribution in [0, 0.1) is 0 Å². The second-order valence-corrected chi connectivity index (χ2v) is 5.53. The summed E-state index contributed by atoms with van der Waals surface area (Å²) in [6, 6.07) is 0. The second kappa shape index (κ2) is 7.34. The first-order chi connectivity index (χ1) is 8.18. The normalized spacial score (nSPS) is 23.3. The van der Waals surface area contributed by atoms with Gasteiger partial charge in [-0.15, -0.1) is 0 Å². The smallest absolute Gasteiger partial charge is 0.0329 e. The third-order valence-corrected chi connectivity index (χ3v) is 4.42. The summed E-state index contributed by atoms with van der Waals surface area (Å²) in [6.07, 6.45) is 6.31. The molecule has 1 rings (SSSR count). The van der Waals surface area contributed by atoms with Gasteiger partial charge in [-0.25, -0.2) is 0 Å². The van der Waals surface area contributed by atoms with Crippen LogP contribution in [0.25, 0.3) is 0 Å². The third-order valence-electron chi connectivity index (χ3n) is 4.42. The van der Waals surface area contributed by atoms with Crippen molar-refractivity contribution in [2.75, 3.05) is 39.8 Å². The molecule has 0 spiro atoms. The number of unbranched alkanes of at least 4 members (excludes halogenated alkanes) is 1. The van der Waals surface area contributed by atoms with Crippen LogP contribution < -0.4 is 5.73 Å². The van der Waals surface area contributed by atoms with E-state index in [1.165, 1.54) is 58.3 Å². The fourth-order valence-corrected chi connectivity index (χ4v) is 2.96. The molecule has 102 valence electrons. The molecule has 0 aromatic rings. The Kier molecular flexibility index (Phi) is 6.45. The molecular weight excluding hydrogens is 210 g/mol. The van der Waals surface area contributed by atoms with Gasteiger partial charge in [0.1, 0.15) is 0 Å². The Morgan fingerprint density at radius 3 is 2.47 bits per heavy atom. The molecule has 1 unspecified atom stereocenters. The maximum absolute atomic E-state index is 6.12. The fraction of sp³-hybridized carbons (Fsp3) is 1.00. The van der Waals surface area contributed by atoms with Gasteiger partial charge in [0.05, 0.1) is 0 Å². The molecule has 0 aromatic heterocycles. The SMILES string of the molecule is CCCCC(CC)(CN)N1CCCN(C)CC1. The Morgan fingerprint density at radius 2 is 1.88 bits per heavy atom. The molecule has 0 amide bonds. The van der Waals surface area contributed by atoms with E-state index in [0.29, 0.717) is 0 Å². The summed E-state index contributed by atoms with van der Waals surface area (Å²) in [6.45, 7) is 10.2. The van der Waals surface area contributed by atoms with Gasteiger partial charge in [0.25, 0.3) is 0 Å². The molecule has 1 saturated heterocycles. The lowest BCUT2D eigenvalue weighted by Crippen LogP contribution is -2.54. The molecule has 0 bridgehead atoms. The van der Waals surface area contributed by atoms with E-state index in [9.17, 15) is 0 Å². The summed E-state index contributed by atoms with van der Waals surface area (Å²) in [5.41, 5.74) is 6.39. The van der Waals surface area contributed by atoms with E-state index in [1.807, 2.05) is 0 Å². The zero-order valence-electron chi connectivity index (χ0n) is 12.0. The van der Waals surface area contributed by atoms with Gasteiger partial charge in [-0.1, -0.05) is 26.7 Å². The molecule has 1 atom stereocenters. The van der Waals surface area contributed by atoms with Crippen LogP contribution >= 0.6 is 0 Å². The van der Waals surface area contributed by atoms with Gasteiger partial charge in [0, 0.05) is 31.7 Å². The number of nitrogens with two attached hydrogens (primary N) is 1. The highest BCUT2D eigenvalue weighted by Gasteiger charge is 2.33. The quantitative estimate of drug-likeness (QED) is 0.771. The molecule has 1 aliphatic heterocycles. The lowest BCUT2D eigenvalue weighted by atomic mass is 9.87. The number of hydrogen-bond acceptors (Lipinski definition) is 3. The molecule has 1 fully saturated rings. The van der Waals surface area contributed by atoms with Crippen molar-refractivity contribution >= 4 is 0 Å². The van der Waals surface area contributed by atoms with Crippen LogP contribution in [-0.2, 0) is 0 Å². The van der Waals surface area contributed by atoms with E-state index >= 15 is 0 Å². The van der Waals surface area contributed by atoms with Gasteiger partial charge in [0.2, 0.25) is 0 Å². The van der Waals surface area contributed by atoms with Crippen molar-refractivity contribution < 1.29 is 0 Å². The number of rotatable bonds is 6. The minimum atomic E-state index is 0.265. The molecule has 0 saturated carbocycles. The molecule has 0 radical (unpaired) electrons. The highest BCUT2D eigenvalue weighted by molar-refractivity contribution is 4.91. The van der Waals surface area contributed by atoms with Crippen molar-refractivity contribution in [1.82, 2.24) is 9.80 Å². The molecule has 0 aliphatic carbocycles. The topological polar surface area (TPSA) is 32.5 Å². The molecule has 1 heterocycles. The Labute approximate surface area is 107 Å². The Bertz CT molecular complexity index is 202. The van der Waals surface area contributed by atoms with E-state index in [1.54, 1.807) is 0 Å². The zero-order chi connectivity index (χ0) is 12.7. The van der Waals surface area contributed by atoms with Crippen molar-refractivity contribution in [3.05, 3.63) is 0 Å². The van der Waals surface area contributed by atoms with Crippen molar-refractivity contribution in [2.24, 2.45) is 5.73 Å². The zero-order valence-corrected chi connectivity index (χ0v) is 12.0. The summed E-state index contributed by atoms with van der Waals surface area (Å²) < 4.78 is 0. The van der Waals surface area contributed by atoms with Crippen molar-refractivity contribution in [1.29, 1.82) is 0 Å². The summed E-state index contributed by atoms with van der Waals surface area (Å²) in [5.74, 6) is 0. The predicted molar refractivity (Wildman–Crippen MR) is 75.3 cm³/mol. The minimum absolute atomic E-state index is 0.265. The van der Waals surface area contributed by atoms with Gasteiger partial charge in [-0.2, -0.15) is 0 Å². The summed E-state index contributed by atoms with van der Waals surface area (Å²) in [7, 11) is 2.23. The molecular formula is C14H31N3. The van der Waals surface area contributed by atoms with Gasteiger partial charge < -0.3 is 10.6 Å². The van der Waals surface area contributed by atoms with Gasteiger partial charge in [-0.05, 0) is 32.9 Å². The molecule has 0 aromatic carbocycles. The van der Waals surface area contributed by atoms with Crippen LogP contribution in [-0.4, -0.2) is 55.1 Å². The number of hydrogen-bond donors (Lipinski definition) is 1. The minimum Gasteiger partial charge on any atom is -0.329 e. The molecule has 2 N–H and O–H groups in total. The van der Waals surface area contributed by atoms with Crippen molar-refractivity contribution in [3.63, 3.8) is 0 Å². The van der Waals surface area contributed by atoms with Crippen LogP contribution in [0.1, 0.15) is 46.0 Å². The predicted octanol–water partition coefficient (Wildman–Crippen LogP) is 1.92. The van der Waals surface area contributed by atoms with E-state index in [0.717, 1.165) is 6.54 Å². The molecule has 3 nitrogen and oxygen atoms in total. The molecule has 17 heavy (non-hydrogen) atoms. The average Bonchev–Trinajstić information content (AvgIpc) is 2.57. The highest BCUT2D eigenvalue weighted by Crippen LogP contribution is 2.26. The van der Waals surface area contributed by atoms with Gasteiger partial charge >= 0.3 is 0 Å². The molecule has 3 heteroatoms. The summed E-state index contributed by atoms with van der Waals surface area (Å²) in [4.78, 5) is 5.11. The lowest BCUT2D eigenvalue weighted by molar-refractivity contribution is 0.0826. The highest BCUT2D eigenvalue weighted by atomic mass is 15.3. The van der Waals surface area contributed by atoms with Crippen LogP contribution in [0.4, 0.5) is 0 Å². The third kappa shape index (κ3) is 3.94. The Morgan fingerprint density at radius 1 is 1.12 bits per heavy atom. The fourth-order valence-electron chi connectivity index (χ4n) is 2.96. The maximum atomic E-state index is 6.12. The van der Waals surface area contributed by atoms with Gasteiger partial charge in [-0.3, -0.25) is 4.90 Å². The first kappa shape index (κ1) is 14.9. The van der Waals surface area contributed by atoms with E-state index in [4.69, 9.17) is 5.73 Å². The largest absolute Gasteiger partial charge is 0.329 e. The standard InChI is InChI=1S/C14H31N3/c1-4-6-8-14(5-2,13-15)17-10-7-9-16(3)11-12-17/h4-13,15H2,1-3H3. The van der Waals surface area contributed by atoms with Crippen LogP contribution in [0.5, 0.6) is 0 Å². The summed E-state index contributed by atoms with van der Waals surface area (Å²) in [5, 5.41) is 0. The van der Waals surface area contributed by atoms with E-state index < -0.39 is 0 Å². The molecule has 1 aliphatic rings. The van der Waals surface area contributed by atoms with Crippen LogP contribution in [0.15, 0.2) is 0 Å². The van der Waals surface area contributed by atoms with Crippen molar-refractivity contribution in [3.8, 4) is 0 Å². The first-order valence-electron chi connectivity index (χ1n) is 7.32. The monoisotopic (exact) mass is 241 g/mol. The van der Waals surface area contributed by atoms with E-state index in [-0.39, 0.29) is 5.54 Å². The summed E-state index contributed by atoms with van der Waals surface area (Å²) >= 11 is 0. The maximum Gasteiger partial charge on any atom is 0.0329 e. The lowest BCUT2D eigenvalue weighted by Gasteiger charge is -2.43. The van der Waals surface area contributed by atoms with Crippen LogP contribution in [0.3, 0.4) is 0 Å². The second-order valence-electron chi connectivity index (χ2n) is 5.53. The number of likely N-dealkylation sites (N-methyl/N-ethyl adjacent to an activating group) is 1. The Hall–Kier alpha value is -0.120. The van der Waals surface area contributed by atoms with Crippen LogP contribution in [0.2, 0.25) is 0 Å². The van der Waals surface area contributed by atoms with Gasteiger partial charge in [0.15, 0.2) is 0 Å².